The van der Waals surface area contributed by atoms with Crippen LogP contribution in [-0.4, -0.2) is 24.7 Å². The number of rotatable bonds is 0. The van der Waals surface area contributed by atoms with Crippen molar-refractivity contribution >= 4 is 26.0 Å². The van der Waals surface area contributed by atoms with E-state index in [-0.39, 0.29) is 0 Å². The molecule has 6 heavy (non-hydrogen) atoms. The maximum Gasteiger partial charge on any atom is 0.148 e. The van der Waals surface area contributed by atoms with E-state index in [0.29, 0.717) is 0 Å². The fraction of sp³-hybridized carbons (Fsp3) is 1.00. The number of hydrogen-bond donors (Lipinski definition) is 1. The van der Waals surface area contributed by atoms with Crippen molar-refractivity contribution in [2.45, 2.75) is 0 Å². The maximum absolute atomic E-state index is 2.41. The lowest BCUT2D eigenvalue weighted by Crippen LogP contribution is -1.88. The molecule has 0 N–H and O–H groups in total. The van der Waals surface area contributed by atoms with Crippen molar-refractivity contribution in [3.8, 4) is 0 Å². The summed E-state index contributed by atoms with van der Waals surface area (Å²) in [5, 5.41) is 1.46. The normalized spacial score (nSPS) is 42.7. The molecule has 38 valence electrons. The fourth-order valence-corrected chi connectivity index (χ4v) is 4.68. The molecule has 1 aliphatic heterocycles. The molecule has 1 saturated heterocycles. The average Bonchev–Trinajstić information content (AvgIpc) is 1.73. The van der Waals surface area contributed by atoms with Crippen LogP contribution in [0, 0.1) is 0 Å². The average molecular weight is 122 g/mol. The Labute approximate surface area is 44.1 Å². The lowest BCUT2D eigenvalue weighted by Gasteiger charge is -2.23. The smallest absolute Gasteiger partial charge is 0.148 e. The van der Waals surface area contributed by atoms with E-state index in [1.165, 1.54) is 5.08 Å². The molecule has 0 aliphatic carbocycles. The van der Waals surface area contributed by atoms with Crippen molar-refractivity contribution in [1.82, 2.24) is 0 Å². The lowest BCUT2D eigenvalue weighted by atomic mass is 10.8. The van der Waals surface area contributed by atoms with Crippen LogP contribution in [0.2, 0.25) is 0 Å². The Morgan fingerprint density at radius 1 is 1.67 bits per heavy atom. The van der Waals surface area contributed by atoms with Crippen LogP contribution in [0.4, 0.5) is 0 Å². The molecule has 0 atom stereocenters. The zero-order chi connectivity index (χ0) is 4.86. The van der Waals surface area contributed by atoms with Gasteiger partial charge >= 0.3 is 0 Å². The van der Waals surface area contributed by atoms with E-state index < -0.39 is 8.04 Å². The van der Waals surface area contributed by atoms with Crippen molar-refractivity contribution in [2.75, 3.05) is 17.6 Å². The Balaban J connectivity index is 2.67. The summed E-state index contributed by atoms with van der Waals surface area (Å²) in [5.74, 6) is 0. The molecule has 0 amide bonds. The third-order valence-electron chi connectivity index (χ3n) is 0.904. The van der Waals surface area contributed by atoms with Crippen molar-refractivity contribution < 1.29 is 0 Å². The van der Waals surface area contributed by atoms with Crippen molar-refractivity contribution in [1.29, 1.82) is 0 Å². The van der Waals surface area contributed by atoms with Crippen LogP contribution in [0.5, 0.6) is 0 Å². The van der Waals surface area contributed by atoms with Crippen LogP contribution in [0.25, 0.3) is 0 Å². The second-order valence-electron chi connectivity index (χ2n) is 3.23. The maximum atomic E-state index is 2.41. The van der Waals surface area contributed by atoms with Gasteiger partial charge in [0.1, 0.15) is 7.12 Å². The Hall–Kier alpha value is 0.765. The van der Waals surface area contributed by atoms with Crippen LogP contribution in [0.3, 0.4) is 0 Å². The Bertz CT molecular complexity index is 72.5. The van der Waals surface area contributed by atoms with Crippen molar-refractivity contribution in [3.63, 3.8) is 0 Å². The summed E-state index contributed by atoms with van der Waals surface area (Å²) in [6.07, 6.45) is 4.83. The Morgan fingerprint density at radius 2 is 1.83 bits per heavy atom. The molecule has 1 fully saturated rings. The summed E-state index contributed by atoms with van der Waals surface area (Å²) in [7, 11) is 3.69. The highest BCUT2D eigenvalue weighted by atomic mass is 33.2. The molecule has 0 bridgehead atoms. The van der Waals surface area contributed by atoms with Gasteiger partial charge in [-0.3, -0.25) is 8.04 Å². The highest BCUT2D eigenvalue weighted by Gasteiger charge is 2.39. The van der Waals surface area contributed by atoms with Gasteiger partial charge in [-0.05, 0) is 12.5 Å². The molecular formula is C3H11BS2. The number of thiol groups is 1. The van der Waals surface area contributed by atoms with Gasteiger partial charge in [0.05, 0.1) is 0 Å². The van der Waals surface area contributed by atoms with E-state index in [4.69, 9.17) is 0 Å². The van der Waals surface area contributed by atoms with E-state index in [1.54, 1.807) is 0 Å². The van der Waals surface area contributed by atoms with E-state index >= 15 is 0 Å². The molecule has 3 heteroatoms. The summed E-state index contributed by atoms with van der Waals surface area (Å²) in [6, 6.07) is 0. The van der Waals surface area contributed by atoms with E-state index in [1.807, 2.05) is 0 Å². The van der Waals surface area contributed by atoms with Gasteiger partial charge < -0.3 is 0 Å². The molecule has 0 aromatic rings. The van der Waals surface area contributed by atoms with Gasteiger partial charge in [-0.2, -0.15) is 0 Å². The van der Waals surface area contributed by atoms with Crippen LogP contribution in [-0.2, 0) is 0 Å². The topological polar surface area (TPSA) is 0 Å². The van der Waals surface area contributed by atoms with Crippen LogP contribution >= 0.6 is 18.8 Å². The Kier molecular flexibility index (Phi) is 0.658. The summed E-state index contributed by atoms with van der Waals surface area (Å²) >= 11 is 0. The second-order valence-corrected chi connectivity index (χ2v) is 15.3. The highest BCUT2D eigenvalue weighted by Crippen LogP contribution is 2.87. The zero-order valence-electron chi connectivity index (χ0n) is 4.56. The first-order valence-electron chi connectivity index (χ1n) is 2.13. The minimum atomic E-state index is -0.883. The number of hydrogen-bond acceptors (Lipinski definition) is 1. The summed E-state index contributed by atoms with van der Waals surface area (Å²) in [4.78, 5) is 0. The van der Waals surface area contributed by atoms with Gasteiger partial charge in [-0.1, -0.05) is 0 Å². The predicted octanol–water partition coefficient (Wildman–Crippen LogP) is 0.486. The molecule has 0 aromatic heterocycles. The molecule has 0 radical (unpaired) electrons. The van der Waals surface area contributed by atoms with Gasteiger partial charge in [0.15, 0.2) is 0 Å². The highest BCUT2D eigenvalue weighted by molar-refractivity contribution is 9.24. The first-order valence-corrected chi connectivity index (χ1v) is 7.48. The summed E-state index contributed by atoms with van der Waals surface area (Å²) < 4.78 is 0. The molecule has 1 aliphatic rings. The first kappa shape index (κ1) is 4.91. The minimum Gasteiger partial charge on any atom is -0.266 e. The van der Waals surface area contributed by atoms with Crippen LogP contribution in [0.15, 0.2) is 0 Å². The third kappa shape index (κ3) is 1.12. The molecule has 0 saturated carbocycles. The largest absolute Gasteiger partial charge is 0.266 e. The minimum absolute atomic E-state index is 0.883. The first-order chi connectivity index (χ1) is 2.47. The lowest BCUT2D eigenvalue weighted by molar-refractivity contribution is 2.16. The van der Waals surface area contributed by atoms with E-state index in [9.17, 15) is 0 Å². The van der Waals surface area contributed by atoms with Gasteiger partial charge in [-0.25, -0.2) is 0 Å². The molecule has 1 heterocycles. The predicted molar refractivity (Wildman–Crippen MR) is 41.8 cm³/mol. The van der Waals surface area contributed by atoms with Crippen LogP contribution in [0.1, 0.15) is 0 Å². The molecule has 0 aromatic carbocycles. The standard InChI is InChI=1S/C3H11BS2/c1-6(2,4)3-5-6/h6H,3-4H2,1-2H3. The molecule has 0 nitrogen and oxygen atoms in total. The van der Waals surface area contributed by atoms with Gasteiger partial charge in [0, 0.05) is 5.08 Å². The second kappa shape index (κ2) is 0.803. The SMILES string of the molecule is B[SH]1(C)(C)CS1. The van der Waals surface area contributed by atoms with Crippen LogP contribution < -0.4 is 0 Å². The quantitative estimate of drug-likeness (QED) is 0.211. The van der Waals surface area contributed by atoms with E-state index in [2.05, 4.69) is 30.4 Å². The third-order valence-corrected chi connectivity index (χ3v) is 8.13. The van der Waals surface area contributed by atoms with Crippen molar-refractivity contribution in [2.24, 2.45) is 0 Å². The van der Waals surface area contributed by atoms with Gasteiger partial charge in [0.2, 0.25) is 0 Å². The summed E-state index contributed by atoms with van der Waals surface area (Å²) in [6.45, 7) is 0. The Morgan fingerprint density at radius 3 is 1.83 bits per heavy atom. The molecule has 0 spiro atoms. The monoisotopic (exact) mass is 122 g/mol. The van der Waals surface area contributed by atoms with Crippen molar-refractivity contribution in [3.05, 3.63) is 0 Å². The van der Waals surface area contributed by atoms with E-state index in [0.717, 1.165) is 0 Å². The fourth-order valence-electron chi connectivity index (χ4n) is 0.173. The zero-order valence-corrected chi connectivity index (χ0v) is 6.27. The molecule has 1 rings (SSSR count). The molecule has 0 unspecified atom stereocenters. The molecular weight excluding hydrogens is 111 g/mol. The van der Waals surface area contributed by atoms with Gasteiger partial charge in [-0.15, -0.1) is 10.8 Å². The van der Waals surface area contributed by atoms with Gasteiger partial charge in [0.25, 0.3) is 0 Å². The summed E-state index contributed by atoms with van der Waals surface area (Å²) in [5.41, 5.74) is 0.